The van der Waals surface area contributed by atoms with E-state index in [9.17, 15) is 0 Å². The maximum atomic E-state index is 5.55. The highest BCUT2D eigenvalue weighted by molar-refractivity contribution is 8.93. The average Bonchev–Trinajstić information content (AvgIpc) is 3.08. The van der Waals surface area contributed by atoms with E-state index in [-0.39, 0.29) is 17.0 Å². The van der Waals surface area contributed by atoms with Gasteiger partial charge in [-0.2, -0.15) is 0 Å². The Labute approximate surface area is 174 Å². The van der Waals surface area contributed by atoms with E-state index in [1.165, 1.54) is 22.4 Å². The number of morpholine rings is 1. The molecule has 0 spiro atoms. The maximum absolute atomic E-state index is 5.55. The van der Waals surface area contributed by atoms with Crippen molar-refractivity contribution in [3.63, 3.8) is 0 Å². The Morgan fingerprint density at radius 1 is 0.963 bits per heavy atom. The summed E-state index contributed by atoms with van der Waals surface area (Å²) in [4.78, 5) is 5.98. The number of rotatable bonds is 3. The van der Waals surface area contributed by atoms with Crippen LogP contribution in [0.5, 0.6) is 0 Å². The lowest BCUT2D eigenvalue weighted by molar-refractivity contribution is 0.111. The molecule has 0 atom stereocenters. The first-order chi connectivity index (χ1) is 12.7. The average molecular weight is 446 g/mol. The Hall–Kier alpha value is -1.89. The zero-order valence-electron chi connectivity index (χ0n) is 15.6. The van der Waals surface area contributed by atoms with E-state index in [1.807, 2.05) is 6.07 Å². The Balaban J connectivity index is 0.00000210. The summed E-state index contributed by atoms with van der Waals surface area (Å²) in [7, 11) is 0. The van der Waals surface area contributed by atoms with E-state index in [2.05, 4.69) is 71.4 Å². The van der Waals surface area contributed by atoms with E-state index in [0.29, 0.717) is 0 Å². The van der Waals surface area contributed by atoms with Gasteiger partial charge in [-0.05, 0) is 25.5 Å². The number of nitrogens with zero attached hydrogens (tertiary/aromatic N) is 3. The normalized spacial score (nSPS) is 14.9. The van der Waals surface area contributed by atoms with Crippen LogP contribution in [0, 0.1) is 13.8 Å². The van der Waals surface area contributed by atoms with E-state index in [4.69, 9.17) is 9.73 Å². The molecule has 1 aliphatic heterocycles. The highest BCUT2D eigenvalue weighted by atomic mass is 79.9. The minimum atomic E-state index is 0. The lowest BCUT2D eigenvalue weighted by atomic mass is 10.1. The first-order valence-corrected chi connectivity index (χ1v) is 9.81. The van der Waals surface area contributed by atoms with Gasteiger partial charge in [-0.25, -0.2) is 9.67 Å². The van der Waals surface area contributed by atoms with Crippen molar-refractivity contribution in [3.05, 3.63) is 69.8 Å². The van der Waals surface area contributed by atoms with Crippen molar-refractivity contribution in [3.8, 4) is 11.3 Å². The van der Waals surface area contributed by atoms with Crippen LogP contribution in [0.4, 0.5) is 5.69 Å². The fourth-order valence-corrected chi connectivity index (χ4v) is 4.04. The maximum Gasteiger partial charge on any atom is 0.209 e. The molecule has 1 fully saturated rings. The van der Waals surface area contributed by atoms with Gasteiger partial charge < -0.3 is 9.75 Å². The molecular weight excluding hydrogens is 422 g/mol. The monoisotopic (exact) mass is 445 g/mol. The van der Waals surface area contributed by atoms with Gasteiger partial charge in [0.1, 0.15) is 0 Å². The van der Waals surface area contributed by atoms with Crippen molar-refractivity contribution >= 4 is 34.0 Å². The first-order valence-electron chi connectivity index (χ1n) is 8.93. The number of hydrogen-bond donors (Lipinski definition) is 0. The second kappa shape index (κ2) is 8.87. The summed E-state index contributed by atoms with van der Waals surface area (Å²) in [6.07, 6.45) is 0. The van der Waals surface area contributed by atoms with Crippen LogP contribution in [0.15, 0.2) is 58.9 Å². The molecule has 6 heteroatoms. The smallest absolute Gasteiger partial charge is 0.209 e. The van der Waals surface area contributed by atoms with Crippen LogP contribution in [-0.2, 0) is 4.74 Å². The number of halogens is 1. The Morgan fingerprint density at radius 3 is 2.37 bits per heavy atom. The van der Waals surface area contributed by atoms with Crippen LogP contribution in [0.3, 0.4) is 0 Å². The highest BCUT2D eigenvalue weighted by Gasteiger charge is 2.17. The molecule has 4 rings (SSSR count). The molecule has 142 valence electrons. The second-order valence-corrected chi connectivity index (χ2v) is 7.38. The van der Waals surface area contributed by atoms with E-state index in [1.54, 1.807) is 11.3 Å². The number of aromatic nitrogens is 1. The summed E-state index contributed by atoms with van der Waals surface area (Å²) in [6, 6.07) is 17.0. The van der Waals surface area contributed by atoms with Crippen LogP contribution >= 0.6 is 28.3 Å². The minimum absolute atomic E-state index is 0. The summed E-state index contributed by atoms with van der Waals surface area (Å²) in [5, 5.41) is 4.55. The standard InChI is InChI=1S/C21H23N3OS.BrH/c1-16-7-9-18(10-8-16)20-15-26-21(22-19-6-4-3-5-17(19)2)24(20)23-11-13-25-14-12-23;/h3-10,15H,11-14H2,1-2H3;1H. The van der Waals surface area contributed by atoms with Gasteiger partial charge in [-0.15, -0.1) is 28.3 Å². The molecule has 0 radical (unpaired) electrons. The van der Waals surface area contributed by atoms with Crippen molar-refractivity contribution in [2.45, 2.75) is 13.8 Å². The molecule has 0 bridgehead atoms. The molecule has 2 aromatic carbocycles. The molecule has 0 amide bonds. The molecule has 1 saturated heterocycles. The summed E-state index contributed by atoms with van der Waals surface area (Å²) in [5.74, 6) is 0. The van der Waals surface area contributed by atoms with Crippen molar-refractivity contribution in [1.29, 1.82) is 0 Å². The summed E-state index contributed by atoms with van der Waals surface area (Å²) < 4.78 is 7.82. The number of ether oxygens (including phenoxy) is 1. The Kier molecular flexibility index (Phi) is 6.52. The number of para-hydroxylation sites is 1. The third-order valence-electron chi connectivity index (χ3n) is 4.63. The van der Waals surface area contributed by atoms with E-state index < -0.39 is 0 Å². The number of hydrogen-bond acceptors (Lipinski definition) is 4. The van der Waals surface area contributed by atoms with Crippen molar-refractivity contribution < 1.29 is 4.74 Å². The highest BCUT2D eigenvalue weighted by Crippen LogP contribution is 2.23. The van der Waals surface area contributed by atoms with Gasteiger partial charge in [0, 0.05) is 10.9 Å². The van der Waals surface area contributed by atoms with Crippen LogP contribution in [0.1, 0.15) is 11.1 Å². The van der Waals surface area contributed by atoms with Crippen molar-refractivity contribution in [1.82, 2.24) is 4.68 Å². The first kappa shape index (κ1) is 19.9. The Morgan fingerprint density at radius 2 is 1.67 bits per heavy atom. The van der Waals surface area contributed by atoms with Crippen LogP contribution in [0.2, 0.25) is 0 Å². The number of aryl methyl sites for hydroxylation is 2. The zero-order valence-corrected chi connectivity index (χ0v) is 18.1. The van der Waals surface area contributed by atoms with Gasteiger partial charge in [-0.3, -0.25) is 0 Å². The topological polar surface area (TPSA) is 29.8 Å². The third kappa shape index (κ3) is 4.34. The minimum Gasteiger partial charge on any atom is -0.378 e. The SMILES string of the molecule is Br.Cc1ccc(-c2csc(=Nc3ccccc3C)n2N2CCOCC2)cc1. The van der Waals surface area contributed by atoms with E-state index >= 15 is 0 Å². The Bertz CT molecular complexity index is 956. The predicted molar refractivity (Wildman–Crippen MR) is 118 cm³/mol. The molecule has 1 aliphatic rings. The molecule has 0 unspecified atom stereocenters. The van der Waals surface area contributed by atoms with Gasteiger partial charge in [0.15, 0.2) is 0 Å². The van der Waals surface area contributed by atoms with Crippen molar-refractivity contribution in [2.24, 2.45) is 4.99 Å². The molecule has 0 N–H and O–H groups in total. The molecular formula is C21H24BrN3OS. The lowest BCUT2D eigenvalue weighted by Crippen LogP contribution is -2.48. The van der Waals surface area contributed by atoms with Crippen LogP contribution < -0.4 is 9.81 Å². The van der Waals surface area contributed by atoms with Gasteiger partial charge in [-0.1, -0.05) is 48.0 Å². The fraction of sp³-hybridized carbons (Fsp3) is 0.286. The molecule has 4 nitrogen and oxygen atoms in total. The third-order valence-corrected chi connectivity index (χ3v) is 5.45. The fourth-order valence-electron chi connectivity index (χ4n) is 3.12. The van der Waals surface area contributed by atoms with Crippen LogP contribution in [-0.4, -0.2) is 31.0 Å². The number of thiazole rings is 1. The lowest BCUT2D eigenvalue weighted by Gasteiger charge is -2.31. The van der Waals surface area contributed by atoms with Gasteiger partial charge in [0.25, 0.3) is 0 Å². The summed E-state index contributed by atoms with van der Waals surface area (Å²) in [6.45, 7) is 7.46. The number of benzene rings is 2. The summed E-state index contributed by atoms with van der Waals surface area (Å²) >= 11 is 1.69. The van der Waals surface area contributed by atoms with Gasteiger partial charge in [0.2, 0.25) is 4.80 Å². The van der Waals surface area contributed by atoms with Gasteiger partial charge >= 0.3 is 0 Å². The molecule has 1 aromatic heterocycles. The zero-order chi connectivity index (χ0) is 17.9. The largest absolute Gasteiger partial charge is 0.378 e. The second-order valence-electron chi connectivity index (χ2n) is 6.55. The molecule has 3 aromatic rings. The molecule has 27 heavy (non-hydrogen) atoms. The molecule has 2 heterocycles. The predicted octanol–water partition coefficient (Wildman–Crippen LogP) is 4.61. The van der Waals surface area contributed by atoms with Crippen molar-refractivity contribution in [2.75, 3.05) is 31.3 Å². The van der Waals surface area contributed by atoms with Gasteiger partial charge in [0.05, 0.1) is 37.7 Å². The molecule has 0 saturated carbocycles. The van der Waals surface area contributed by atoms with E-state index in [0.717, 1.165) is 36.8 Å². The molecule has 0 aliphatic carbocycles. The quantitative estimate of drug-likeness (QED) is 0.588. The van der Waals surface area contributed by atoms with Crippen LogP contribution in [0.25, 0.3) is 11.3 Å². The summed E-state index contributed by atoms with van der Waals surface area (Å²) in [5.41, 5.74) is 5.87.